The van der Waals surface area contributed by atoms with Gasteiger partial charge in [-0.2, -0.15) is 0 Å². The molecule has 8 heteroatoms. The molecule has 6 nitrogen and oxygen atoms in total. The topological polar surface area (TPSA) is 69.7 Å². The molecule has 2 rings (SSSR count). The Balaban J connectivity index is 0.00000288. The molecule has 0 radical (unpaired) electrons. The number of sulfonamides is 1. The Kier molecular flexibility index (Phi) is 8.98. The fourth-order valence-corrected chi connectivity index (χ4v) is 4.64. The maximum atomic E-state index is 12.3. The highest BCUT2D eigenvalue weighted by Gasteiger charge is 2.30. The molecule has 2 aliphatic rings. The van der Waals surface area contributed by atoms with Crippen LogP contribution in [0.2, 0.25) is 0 Å². The summed E-state index contributed by atoms with van der Waals surface area (Å²) < 4.78 is 25.4. The molecule has 1 N–H and O–H groups in total. The van der Waals surface area contributed by atoms with Gasteiger partial charge in [0.1, 0.15) is 0 Å². The summed E-state index contributed by atoms with van der Waals surface area (Å²) in [5.41, 5.74) is 0. The van der Waals surface area contributed by atoms with Gasteiger partial charge in [0.15, 0.2) is 0 Å². The second-order valence-corrected chi connectivity index (χ2v) is 9.08. The minimum atomic E-state index is -3.14. The predicted molar refractivity (Wildman–Crippen MR) is 98.9 cm³/mol. The van der Waals surface area contributed by atoms with E-state index in [1.54, 1.807) is 14.0 Å². The first-order chi connectivity index (χ1) is 10.9. The average Bonchev–Trinajstić information content (AvgIpc) is 2.60. The summed E-state index contributed by atoms with van der Waals surface area (Å²) in [7, 11) is -1.47. The fourth-order valence-electron chi connectivity index (χ4n) is 3.57. The lowest BCUT2D eigenvalue weighted by atomic mass is 9.93. The summed E-state index contributed by atoms with van der Waals surface area (Å²) >= 11 is 0. The van der Waals surface area contributed by atoms with Crippen molar-refractivity contribution in [1.82, 2.24) is 14.5 Å². The van der Waals surface area contributed by atoms with E-state index >= 15 is 0 Å². The smallest absolute Gasteiger partial charge is 0.222 e. The van der Waals surface area contributed by atoms with Gasteiger partial charge < -0.3 is 10.2 Å². The number of nitrogens with one attached hydrogen (secondary N) is 1. The molecule has 0 atom stereocenters. The predicted octanol–water partition coefficient (Wildman–Crippen LogP) is 1.46. The van der Waals surface area contributed by atoms with E-state index in [1.807, 2.05) is 4.90 Å². The second-order valence-electron chi connectivity index (χ2n) is 6.76. The van der Waals surface area contributed by atoms with Crippen LogP contribution in [0.3, 0.4) is 0 Å². The maximum absolute atomic E-state index is 12.3. The number of carbonyl (C=O) groups is 1. The van der Waals surface area contributed by atoms with Gasteiger partial charge in [-0.05, 0) is 58.0 Å². The molecule has 2 fully saturated rings. The first kappa shape index (κ1) is 21.7. The Hall–Kier alpha value is -0.370. The van der Waals surface area contributed by atoms with Gasteiger partial charge >= 0.3 is 0 Å². The number of nitrogens with zero attached hydrogens (tertiary/aromatic N) is 2. The zero-order chi connectivity index (χ0) is 16.9. The number of hydrogen-bond acceptors (Lipinski definition) is 4. The first-order valence-electron chi connectivity index (χ1n) is 8.88. The van der Waals surface area contributed by atoms with Gasteiger partial charge in [0.2, 0.25) is 15.9 Å². The molecule has 0 bridgehead atoms. The van der Waals surface area contributed by atoms with E-state index in [1.165, 1.54) is 17.1 Å². The van der Waals surface area contributed by atoms with E-state index in [0.717, 1.165) is 32.4 Å². The molecule has 24 heavy (non-hydrogen) atoms. The van der Waals surface area contributed by atoms with Crippen LogP contribution in [0.1, 0.15) is 45.4 Å². The van der Waals surface area contributed by atoms with Crippen LogP contribution in [-0.4, -0.2) is 68.6 Å². The van der Waals surface area contributed by atoms with E-state index in [-0.39, 0.29) is 30.1 Å². The molecule has 0 unspecified atom stereocenters. The number of rotatable bonds is 6. The van der Waals surface area contributed by atoms with Crippen molar-refractivity contribution in [3.63, 3.8) is 0 Å². The van der Waals surface area contributed by atoms with Crippen LogP contribution >= 0.6 is 12.4 Å². The molecular formula is C16H32ClN3O3S. The zero-order valence-electron chi connectivity index (χ0n) is 14.9. The highest BCUT2D eigenvalue weighted by atomic mass is 35.5. The Morgan fingerprint density at radius 3 is 2.29 bits per heavy atom. The van der Waals surface area contributed by atoms with Crippen LogP contribution in [0.4, 0.5) is 0 Å². The van der Waals surface area contributed by atoms with Crippen molar-refractivity contribution >= 4 is 28.3 Å². The average molecular weight is 382 g/mol. The normalized spacial score (nSPS) is 20.9. The third kappa shape index (κ3) is 5.86. The van der Waals surface area contributed by atoms with Crippen LogP contribution in [0.5, 0.6) is 0 Å². The van der Waals surface area contributed by atoms with Crippen LogP contribution in [0, 0.1) is 5.92 Å². The van der Waals surface area contributed by atoms with Crippen LogP contribution < -0.4 is 5.32 Å². The zero-order valence-corrected chi connectivity index (χ0v) is 16.5. The van der Waals surface area contributed by atoms with Gasteiger partial charge in [-0.15, -0.1) is 12.4 Å². The Morgan fingerprint density at radius 2 is 1.75 bits per heavy atom. The number of carbonyl (C=O) groups excluding carboxylic acids is 1. The van der Waals surface area contributed by atoms with Crippen molar-refractivity contribution in [2.24, 2.45) is 5.92 Å². The number of hydrogen-bond donors (Lipinski definition) is 1. The summed E-state index contributed by atoms with van der Waals surface area (Å²) in [5, 5.41) is 3.35. The molecule has 0 aliphatic carbocycles. The lowest BCUT2D eigenvalue weighted by Gasteiger charge is -2.36. The van der Waals surface area contributed by atoms with Gasteiger partial charge in [0, 0.05) is 32.6 Å². The highest BCUT2D eigenvalue weighted by molar-refractivity contribution is 7.89. The summed E-state index contributed by atoms with van der Waals surface area (Å²) in [6.07, 6.45) is 5.47. The van der Waals surface area contributed by atoms with E-state index in [9.17, 15) is 13.2 Å². The van der Waals surface area contributed by atoms with Crippen molar-refractivity contribution in [2.45, 2.75) is 51.5 Å². The standard InChI is InChI=1S/C16H31N3O3S.ClH/c1-3-23(21,22)18(2)15-8-12-19(13-9-15)16(20)5-4-14-6-10-17-11-7-14;/h14-15,17H,3-13H2,1-2H3;1H. The second kappa shape index (κ2) is 9.94. The molecule has 2 heterocycles. The number of amides is 1. The van der Waals surface area contributed by atoms with Gasteiger partial charge in [0.05, 0.1) is 5.75 Å². The summed E-state index contributed by atoms with van der Waals surface area (Å²) in [6.45, 7) is 5.18. The third-order valence-electron chi connectivity index (χ3n) is 5.36. The van der Waals surface area contributed by atoms with Crippen molar-refractivity contribution in [3.05, 3.63) is 0 Å². The Labute approximate surface area is 152 Å². The van der Waals surface area contributed by atoms with Gasteiger partial charge in [-0.1, -0.05) is 0 Å². The summed E-state index contributed by atoms with van der Waals surface area (Å²) in [4.78, 5) is 14.3. The molecule has 2 saturated heterocycles. The molecule has 0 spiro atoms. The first-order valence-corrected chi connectivity index (χ1v) is 10.5. The Bertz CT molecular complexity index is 487. The molecule has 2 aliphatic heterocycles. The van der Waals surface area contributed by atoms with E-state index in [0.29, 0.717) is 25.4 Å². The lowest BCUT2D eigenvalue weighted by molar-refractivity contribution is -0.132. The largest absolute Gasteiger partial charge is 0.343 e. The molecule has 142 valence electrons. The van der Waals surface area contributed by atoms with E-state index < -0.39 is 10.0 Å². The number of piperidine rings is 2. The minimum absolute atomic E-state index is 0. The summed E-state index contributed by atoms with van der Waals surface area (Å²) in [6, 6.07) is 0.0356. The fraction of sp³-hybridized carbons (Fsp3) is 0.938. The van der Waals surface area contributed by atoms with E-state index in [2.05, 4.69) is 5.32 Å². The SMILES string of the molecule is CCS(=O)(=O)N(C)C1CCN(C(=O)CCC2CCNCC2)CC1.Cl. The van der Waals surface area contributed by atoms with Crippen molar-refractivity contribution in [2.75, 3.05) is 39.0 Å². The van der Waals surface area contributed by atoms with Crippen molar-refractivity contribution in [1.29, 1.82) is 0 Å². The van der Waals surface area contributed by atoms with Gasteiger partial charge in [-0.3, -0.25) is 4.79 Å². The molecule has 0 aromatic heterocycles. The van der Waals surface area contributed by atoms with Crippen molar-refractivity contribution in [3.8, 4) is 0 Å². The number of halogens is 1. The molecule has 1 amide bonds. The molecule has 0 aromatic carbocycles. The minimum Gasteiger partial charge on any atom is -0.343 e. The summed E-state index contributed by atoms with van der Waals surface area (Å²) in [5.74, 6) is 1.06. The quantitative estimate of drug-likeness (QED) is 0.756. The van der Waals surface area contributed by atoms with Gasteiger partial charge in [-0.25, -0.2) is 12.7 Å². The van der Waals surface area contributed by atoms with Crippen molar-refractivity contribution < 1.29 is 13.2 Å². The van der Waals surface area contributed by atoms with Crippen LogP contribution in [0.25, 0.3) is 0 Å². The molecule has 0 aromatic rings. The van der Waals surface area contributed by atoms with Crippen LogP contribution in [-0.2, 0) is 14.8 Å². The maximum Gasteiger partial charge on any atom is 0.222 e. The highest BCUT2D eigenvalue weighted by Crippen LogP contribution is 2.21. The van der Waals surface area contributed by atoms with Crippen LogP contribution in [0.15, 0.2) is 0 Å². The van der Waals surface area contributed by atoms with Gasteiger partial charge in [0.25, 0.3) is 0 Å². The molecule has 0 saturated carbocycles. The lowest BCUT2D eigenvalue weighted by Crippen LogP contribution is -2.47. The monoisotopic (exact) mass is 381 g/mol. The third-order valence-corrected chi connectivity index (χ3v) is 7.27. The Morgan fingerprint density at radius 1 is 1.17 bits per heavy atom. The number of likely N-dealkylation sites (tertiary alicyclic amines) is 1. The molecular weight excluding hydrogens is 350 g/mol. The van der Waals surface area contributed by atoms with E-state index in [4.69, 9.17) is 0 Å².